The van der Waals surface area contributed by atoms with Crippen molar-refractivity contribution in [3.05, 3.63) is 59.9 Å². The number of hydrogen-bond acceptors (Lipinski definition) is 6. The quantitative estimate of drug-likeness (QED) is 0.418. The molecule has 2 amide bonds. The summed E-state index contributed by atoms with van der Waals surface area (Å²) in [6.07, 6.45) is 2.98. The summed E-state index contributed by atoms with van der Waals surface area (Å²) in [4.78, 5) is 51.3. The molecule has 2 aromatic rings. The Morgan fingerprint density at radius 2 is 1.96 bits per heavy atom. The van der Waals surface area contributed by atoms with Crippen LogP contribution >= 0.6 is 0 Å². The maximum absolute atomic E-state index is 12.6. The molecule has 2 rings (SSSR count). The van der Waals surface area contributed by atoms with Gasteiger partial charge in [0, 0.05) is 24.4 Å². The van der Waals surface area contributed by atoms with Crippen molar-refractivity contribution in [1.29, 1.82) is 0 Å². The van der Waals surface area contributed by atoms with Crippen LogP contribution < -0.4 is 10.6 Å². The van der Waals surface area contributed by atoms with Crippen LogP contribution in [0, 0.1) is 0 Å². The Balaban J connectivity index is 2.18. The minimum atomic E-state index is -1.18. The van der Waals surface area contributed by atoms with Crippen LogP contribution in [0.3, 0.4) is 0 Å². The lowest BCUT2D eigenvalue weighted by Gasteiger charge is -2.16. The van der Waals surface area contributed by atoms with Gasteiger partial charge in [-0.2, -0.15) is 0 Å². The number of esters is 1. The molecule has 0 saturated carbocycles. The Morgan fingerprint density at radius 3 is 2.62 bits per heavy atom. The van der Waals surface area contributed by atoms with Gasteiger partial charge in [0.25, 0.3) is 5.91 Å². The molecule has 1 heterocycles. The van der Waals surface area contributed by atoms with Crippen LogP contribution in [0.2, 0.25) is 0 Å². The number of aromatic nitrogens is 1. The summed E-state index contributed by atoms with van der Waals surface area (Å²) in [6.45, 7) is 0. The summed E-state index contributed by atoms with van der Waals surface area (Å²) in [5.41, 5.74) is 0.788. The first-order valence-corrected chi connectivity index (χ1v) is 7.68. The molecular formula is C18H17N3O5. The third-order valence-electron chi connectivity index (χ3n) is 3.55. The highest BCUT2D eigenvalue weighted by atomic mass is 16.5. The van der Waals surface area contributed by atoms with Crippen molar-refractivity contribution >= 4 is 29.8 Å². The number of nitrogens with one attached hydrogen (secondary N) is 2. The minimum absolute atomic E-state index is 0.226. The number of para-hydroxylation sites is 1. The van der Waals surface area contributed by atoms with E-state index in [-0.39, 0.29) is 17.5 Å². The number of carbonyl (C=O) groups is 4. The van der Waals surface area contributed by atoms with Crippen LogP contribution in [0.1, 0.15) is 27.1 Å². The topological polar surface area (TPSA) is 114 Å². The van der Waals surface area contributed by atoms with Crippen molar-refractivity contribution in [2.24, 2.45) is 0 Å². The molecule has 0 bridgehead atoms. The highest BCUT2D eigenvalue weighted by Crippen LogP contribution is 2.17. The molecule has 1 atom stereocenters. The second kappa shape index (κ2) is 9.07. The fourth-order valence-electron chi connectivity index (χ4n) is 2.29. The van der Waals surface area contributed by atoms with Gasteiger partial charge in [0.15, 0.2) is 5.78 Å². The fraction of sp³-hybridized carbons (Fsp3) is 0.167. The molecule has 134 valence electrons. The van der Waals surface area contributed by atoms with E-state index in [1.807, 2.05) is 0 Å². The van der Waals surface area contributed by atoms with Crippen molar-refractivity contribution in [2.75, 3.05) is 12.4 Å². The van der Waals surface area contributed by atoms with E-state index in [1.165, 1.54) is 24.5 Å². The zero-order chi connectivity index (χ0) is 18.9. The number of amides is 2. The minimum Gasteiger partial charge on any atom is -0.467 e. The molecule has 0 aliphatic heterocycles. The standard InChI is InChI=1S/C18H17N3O5/c1-26-18(25)15(21-17(24)12-5-4-8-19-10-12)9-16(23)13-6-2-3-7-14(13)20-11-22/h2-8,10-11,15H,9H2,1H3,(H,20,22)(H,21,24). The number of rotatable bonds is 8. The van der Waals surface area contributed by atoms with Gasteiger partial charge in [-0.25, -0.2) is 4.79 Å². The van der Waals surface area contributed by atoms with Gasteiger partial charge in [0.2, 0.25) is 6.41 Å². The first-order chi connectivity index (χ1) is 12.6. The van der Waals surface area contributed by atoms with Crippen LogP contribution in [-0.2, 0) is 14.3 Å². The largest absolute Gasteiger partial charge is 0.467 e. The molecule has 0 aliphatic carbocycles. The van der Waals surface area contributed by atoms with E-state index in [0.717, 1.165) is 7.11 Å². The smallest absolute Gasteiger partial charge is 0.328 e. The zero-order valence-electron chi connectivity index (χ0n) is 14.0. The van der Waals surface area contributed by atoms with Crippen molar-refractivity contribution in [2.45, 2.75) is 12.5 Å². The molecule has 8 heteroatoms. The molecule has 0 spiro atoms. The summed E-state index contributed by atoms with van der Waals surface area (Å²) in [6, 6.07) is 8.30. The number of Topliss-reactive ketones (excluding diaryl/α,β-unsaturated/α-hetero) is 1. The van der Waals surface area contributed by atoms with Gasteiger partial charge in [-0.3, -0.25) is 19.4 Å². The van der Waals surface area contributed by atoms with E-state index in [9.17, 15) is 19.2 Å². The van der Waals surface area contributed by atoms with Gasteiger partial charge in [0.05, 0.1) is 18.4 Å². The van der Waals surface area contributed by atoms with Crippen LogP contribution in [0.4, 0.5) is 5.69 Å². The molecule has 2 N–H and O–H groups in total. The first-order valence-electron chi connectivity index (χ1n) is 7.68. The molecule has 0 saturated heterocycles. The predicted molar refractivity (Wildman–Crippen MR) is 92.6 cm³/mol. The average molecular weight is 355 g/mol. The normalized spacial score (nSPS) is 11.1. The fourth-order valence-corrected chi connectivity index (χ4v) is 2.29. The van der Waals surface area contributed by atoms with E-state index in [0.29, 0.717) is 12.1 Å². The van der Waals surface area contributed by atoms with E-state index in [4.69, 9.17) is 0 Å². The number of ether oxygens (including phenoxy) is 1. The Bertz CT molecular complexity index is 807. The number of methoxy groups -OCH3 is 1. The third-order valence-corrected chi connectivity index (χ3v) is 3.55. The van der Waals surface area contributed by atoms with Crippen molar-refractivity contribution < 1.29 is 23.9 Å². The SMILES string of the molecule is COC(=O)C(CC(=O)c1ccccc1NC=O)NC(=O)c1cccnc1. The summed E-state index contributed by atoms with van der Waals surface area (Å²) in [5.74, 6) is -1.74. The van der Waals surface area contributed by atoms with E-state index in [1.54, 1.807) is 24.3 Å². The molecule has 1 aromatic carbocycles. The van der Waals surface area contributed by atoms with E-state index >= 15 is 0 Å². The summed E-state index contributed by atoms with van der Waals surface area (Å²) >= 11 is 0. The van der Waals surface area contributed by atoms with Gasteiger partial charge < -0.3 is 15.4 Å². The Morgan fingerprint density at radius 1 is 1.19 bits per heavy atom. The highest BCUT2D eigenvalue weighted by molar-refractivity contribution is 6.05. The molecular weight excluding hydrogens is 338 g/mol. The molecule has 1 aromatic heterocycles. The van der Waals surface area contributed by atoms with Gasteiger partial charge in [-0.15, -0.1) is 0 Å². The number of hydrogen-bond donors (Lipinski definition) is 2. The number of pyridine rings is 1. The number of ketones is 1. The molecule has 1 unspecified atom stereocenters. The summed E-state index contributed by atoms with van der Waals surface area (Å²) < 4.78 is 4.67. The van der Waals surface area contributed by atoms with Crippen LogP contribution in [0.5, 0.6) is 0 Å². The van der Waals surface area contributed by atoms with Crippen LogP contribution in [0.15, 0.2) is 48.8 Å². The second-order valence-corrected chi connectivity index (χ2v) is 5.23. The lowest BCUT2D eigenvalue weighted by atomic mass is 10.0. The lowest BCUT2D eigenvalue weighted by Crippen LogP contribution is -2.43. The number of carbonyl (C=O) groups excluding carboxylic acids is 4. The van der Waals surface area contributed by atoms with Crippen LogP contribution in [0.25, 0.3) is 0 Å². The number of anilines is 1. The lowest BCUT2D eigenvalue weighted by molar-refractivity contribution is -0.142. The van der Waals surface area contributed by atoms with Crippen molar-refractivity contribution in [3.63, 3.8) is 0 Å². The Hall–Kier alpha value is -3.55. The van der Waals surface area contributed by atoms with E-state index < -0.39 is 23.7 Å². The molecule has 0 fully saturated rings. The maximum Gasteiger partial charge on any atom is 0.328 e. The van der Waals surface area contributed by atoms with Gasteiger partial charge in [-0.1, -0.05) is 12.1 Å². The zero-order valence-corrected chi connectivity index (χ0v) is 14.0. The Labute approximate surface area is 149 Å². The average Bonchev–Trinajstić information content (AvgIpc) is 2.68. The first kappa shape index (κ1) is 18.8. The molecule has 0 aliphatic rings. The molecule has 0 radical (unpaired) electrons. The predicted octanol–water partition coefficient (Wildman–Crippen LogP) is 1.19. The van der Waals surface area contributed by atoms with Gasteiger partial charge >= 0.3 is 5.97 Å². The maximum atomic E-state index is 12.6. The molecule has 26 heavy (non-hydrogen) atoms. The summed E-state index contributed by atoms with van der Waals surface area (Å²) in [5, 5.41) is 4.90. The van der Waals surface area contributed by atoms with Crippen LogP contribution in [-0.4, -0.2) is 42.2 Å². The Kier molecular flexibility index (Phi) is 6.55. The van der Waals surface area contributed by atoms with Gasteiger partial charge in [0.1, 0.15) is 6.04 Å². The van der Waals surface area contributed by atoms with Crippen molar-refractivity contribution in [3.8, 4) is 0 Å². The van der Waals surface area contributed by atoms with Gasteiger partial charge in [-0.05, 0) is 24.3 Å². The molecule has 8 nitrogen and oxygen atoms in total. The van der Waals surface area contributed by atoms with Crippen molar-refractivity contribution in [1.82, 2.24) is 10.3 Å². The second-order valence-electron chi connectivity index (χ2n) is 5.23. The summed E-state index contributed by atoms with van der Waals surface area (Å²) in [7, 11) is 1.16. The third kappa shape index (κ3) is 4.73. The van der Waals surface area contributed by atoms with E-state index in [2.05, 4.69) is 20.4 Å². The number of benzene rings is 1. The highest BCUT2D eigenvalue weighted by Gasteiger charge is 2.26. The number of nitrogens with zero attached hydrogens (tertiary/aromatic N) is 1. The monoisotopic (exact) mass is 355 g/mol.